The van der Waals surface area contributed by atoms with E-state index in [4.69, 9.17) is 0 Å². The highest BCUT2D eigenvalue weighted by Crippen LogP contribution is 2.12. The predicted octanol–water partition coefficient (Wildman–Crippen LogP) is 0.688. The molecule has 5 heteroatoms. The van der Waals surface area contributed by atoms with Gasteiger partial charge >= 0.3 is 0 Å². The number of nitrogens with zero attached hydrogens (tertiary/aromatic N) is 3. The Labute approximate surface area is 74.4 Å². The summed E-state index contributed by atoms with van der Waals surface area (Å²) >= 11 is 0. The van der Waals surface area contributed by atoms with Crippen LogP contribution in [0.4, 0.5) is 5.69 Å². The van der Waals surface area contributed by atoms with E-state index in [9.17, 15) is 4.79 Å². The summed E-state index contributed by atoms with van der Waals surface area (Å²) in [6, 6.07) is 1.78. The summed E-state index contributed by atoms with van der Waals surface area (Å²) in [6.45, 7) is 1.45. The summed E-state index contributed by atoms with van der Waals surface area (Å²) in [7, 11) is 0. The average molecular weight is 176 g/mol. The fraction of sp³-hybridized carbons (Fsp3) is 0.125. The van der Waals surface area contributed by atoms with Crippen LogP contribution in [-0.4, -0.2) is 20.5 Å². The van der Waals surface area contributed by atoms with Crippen molar-refractivity contribution in [2.75, 3.05) is 5.32 Å². The molecule has 0 atom stereocenters. The summed E-state index contributed by atoms with van der Waals surface area (Å²) in [5.41, 5.74) is 1.28. The van der Waals surface area contributed by atoms with E-state index >= 15 is 0 Å². The Bertz CT molecular complexity index is 448. The van der Waals surface area contributed by atoms with E-state index in [-0.39, 0.29) is 5.91 Å². The molecule has 0 aliphatic rings. The largest absolute Gasteiger partial charge is 0.322 e. The van der Waals surface area contributed by atoms with Gasteiger partial charge in [0.05, 0.1) is 6.20 Å². The number of carbonyl (C=O) groups is 1. The molecule has 0 unspecified atom stereocenters. The molecule has 0 aliphatic carbocycles. The van der Waals surface area contributed by atoms with Crippen LogP contribution < -0.4 is 5.32 Å². The van der Waals surface area contributed by atoms with Gasteiger partial charge in [0.15, 0.2) is 5.65 Å². The molecular formula is C8H8N4O. The summed E-state index contributed by atoms with van der Waals surface area (Å²) in [5.74, 6) is -0.124. The van der Waals surface area contributed by atoms with Gasteiger partial charge in [0, 0.05) is 19.3 Å². The van der Waals surface area contributed by atoms with Crippen molar-refractivity contribution < 1.29 is 4.79 Å². The lowest BCUT2D eigenvalue weighted by molar-refractivity contribution is -0.114. The normalized spacial score (nSPS) is 10.2. The molecule has 0 aliphatic heterocycles. The second kappa shape index (κ2) is 2.85. The Morgan fingerprint density at radius 2 is 2.46 bits per heavy atom. The molecule has 66 valence electrons. The van der Waals surface area contributed by atoms with Crippen LogP contribution in [0.2, 0.25) is 0 Å². The smallest absolute Gasteiger partial charge is 0.221 e. The minimum absolute atomic E-state index is 0.124. The van der Waals surface area contributed by atoms with Gasteiger partial charge in [-0.25, -0.2) is 9.50 Å². The van der Waals surface area contributed by atoms with Gasteiger partial charge < -0.3 is 5.32 Å². The van der Waals surface area contributed by atoms with E-state index in [0.29, 0.717) is 11.3 Å². The first kappa shape index (κ1) is 7.72. The van der Waals surface area contributed by atoms with Crippen molar-refractivity contribution in [1.82, 2.24) is 14.6 Å². The number of nitrogens with one attached hydrogen (secondary N) is 1. The zero-order valence-electron chi connectivity index (χ0n) is 7.06. The Hall–Kier alpha value is -1.91. The monoisotopic (exact) mass is 176 g/mol. The number of anilines is 1. The van der Waals surface area contributed by atoms with Gasteiger partial charge in [0.2, 0.25) is 5.91 Å². The SMILES string of the molecule is CC(=O)Nc1cnn2cccnc12. The topological polar surface area (TPSA) is 59.3 Å². The zero-order valence-corrected chi connectivity index (χ0v) is 7.06. The lowest BCUT2D eigenvalue weighted by atomic mass is 10.5. The molecule has 0 radical (unpaired) electrons. The van der Waals surface area contributed by atoms with Crippen molar-refractivity contribution in [3.8, 4) is 0 Å². The lowest BCUT2D eigenvalue weighted by Crippen LogP contribution is -2.05. The Morgan fingerprint density at radius 1 is 1.62 bits per heavy atom. The van der Waals surface area contributed by atoms with Crippen LogP contribution in [0.5, 0.6) is 0 Å². The van der Waals surface area contributed by atoms with Crippen molar-refractivity contribution in [1.29, 1.82) is 0 Å². The predicted molar refractivity (Wildman–Crippen MR) is 47.3 cm³/mol. The first-order chi connectivity index (χ1) is 6.27. The minimum atomic E-state index is -0.124. The molecule has 1 amide bonds. The first-order valence-corrected chi connectivity index (χ1v) is 3.83. The molecule has 0 bridgehead atoms. The highest BCUT2D eigenvalue weighted by atomic mass is 16.1. The van der Waals surface area contributed by atoms with Gasteiger partial charge in [-0.05, 0) is 6.07 Å². The van der Waals surface area contributed by atoms with Gasteiger partial charge in [-0.15, -0.1) is 0 Å². The highest BCUT2D eigenvalue weighted by molar-refractivity contribution is 5.92. The molecule has 2 rings (SSSR count). The van der Waals surface area contributed by atoms with Gasteiger partial charge in [0.1, 0.15) is 5.69 Å². The standard InChI is InChI=1S/C8H8N4O/c1-6(13)11-7-5-10-12-4-2-3-9-8(7)12/h2-5H,1H3,(H,11,13). The molecule has 2 aromatic heterocycles. The number of rotatable bonds is 1. The van der Waals surface area contributed by atoms with E-state index in [0.717, 1.165) is 0 Å². The quantitative estimate of drug-likeness (QED) is 0.695. The molecule has 2 heterocycles. The Morgan fingerprint density at radius 3 is 3.23 bits per heavy atom. The van der Waals surface area contributed by atoms with Crippen LogP contribution >= 0.6 is 0 Å². The molecule has 5 nitrogen and oxygen atoms in total. The van der Waals surface area contributed by atoms with Gasteiger partial charge in [-0.1, -0.05) is 0 Å². The molecule has 0 saturated heterocycles. The number of fused-ring (bicyclic) bond motifs is 1. The number of hydrogen-bond acceptors (Lipinski definition) is 3. The van der Waals surface area contributed by atoms with E-state index in [2.05, 4.69) is 15.4 Å². The molecule has 2 aromatic rings. The summed E-state index contributed by atoms with van der Waals surface area (Å²) in [4.78, 5) is 14.9. The van der Waals surface area contributed by atoms with Gasteiger partial charge in [0.25, 0.3) is 0 Å². The van der Waals surface area contributed by atoms with Crippen LogP contribution in [0.25, 0.3) is 5.65 Å². The molecular weight excluding hydrogens is 168 g/mol. The van der Waals surface area contributed by atoms with Crippen molar-refractivity contribution in [3.05, 3.63) is 24.7 Å². The van der Waals surface area contributed by atoms with Gasteiger partial charge in [-0.2, -0.15) is 5.10 Å². The summed E-state index contributed by atoms with van der Waals surface area (Å²) < 4.78 is 1.60. The molecule has 0 spiro atoms. The van der Waals surface area contributed by atoms with Gasteiger partial charge in [-0.3, -0.25) is 4.79 Å². The van der Waals surface area contributed by atoms with Crippen LogP contribution in [0.15, 0.2) is 24.7 Å². The number of carbonyl (C=O) groups excluding carboxylic acids is 1. The molecule has 0 fully saturated rings. The van der Waals surface area contributed by atoms with E-state index in [1.807, 2.05) is 0 Å². The third-order valence-electron chi connectivity index (χ3n) is 1.59. The van der Waals surface area contributed by atoms with Crippen LogP contribution in [-0.2, 0) is 4.79 Å². The highest BCUT2D eigenvalue weighted by Gasteiger charge is 2.04. The lowest BCUT2D eigenvalue weighted by Gasteiger charge is -1.96. The third kappa shape index (κ3) is 1.35. The number of hydrogen-bond donors (Lipinski definition) is 1. The van der Waals surface area contributed by atoms with Crippen LogP contribution in [0.3, 0.4) is 0 Å². The van der Waals surface area contributed by atoms with Crippen LogP contribution in [0, 0.1) is 0 Å². The van der Waals surface area contributed by atoms with E-state index in [1.165, 1.54) is 6.92 Å². The Kier molecular flexibility index (Phi) is 1.70. The maximum atomic E-state index is 10.8. The molecule has 13 heavy (non-hydrogen) atoms. The third-order valence-corrected chi connectivity index (χ3v) is 1.59. The second-order valence-corrected chi connectivity index (χ2v) is 2.63. The zero-order chi connectivity index (χ0) is 9.26. The minimum Gasteiger partial charge on any atom is -0.322 e. The van der Waals surface area contributed by atoms with E-state index in [1.54, 1.807) is 29.2 Å². The number of aromatic nitrogens is 3. The maximum absolute atomic E-state index is 10.8. The summed E-state index contributed by atoms with van der Waals surface area (Å²) in [6.07, 6.45) is 5.00. The average Bonchev–Trinajstić information content (AvgIpc) is 2.48. The fourth-order valence-electron chi connectivity index (χ4n) is 1.11. The van der Waals surface area contributed by atoms with Crippen LogP contribution in [0.1, 0.15) is 6.92 Å². The second-order valence-electron chi connectivity index (χ2n) is 2.63. The van der Waals surface area contributed by atoms with Crippen molar-refractivity contribution in [2.45, 2.75) is 6.92 Å². The molecule has 0 aromatic carbocycles. The number of amides is 1. The molecule has 1 N–H and O–H groups in total. The summed E-state index contributed by atoms with van der Waals surface area (Å²) in [5, 5.41) is 6.65. The molecule has 0 saturated carbocycles. The van der Waals surface area contributed by atoms with E-state index < -0.39 is 0 Å². The first-order valence-electron chi connectivity index (χ1n) is 3.83. The van der Waals surface area contributed by atoms with Crippen molar-refractivity contribution in [2.24, 2.45) is 0 Å². The van der Waals surface area contributed by atoms with Crippen molar-refractivity contribution in [3.63, 3.8) is 0 Å². The maximum Gasteiger partial charge on any atom is 0.221 e. The fourth-order valence-corrected chi connectivity index (χ4v) is 1.11. The van der Waals surface area contributed by atoms with Crippen molar-refractivity contribution >= 4 is 17.2 Å². The Balaban J connectivity index is 2.51.